The molecular weight excluding hydrogens is 370 g/mol. The van der Waals surface area contributed by atoms with Crippen LogP contribution in [0.1, 0.15) is 33.3 Å². The second-order valence-corrected chi connectivity index (χ2v) is 6.87. The average Bonchev–Trinajstić information content (AvgIpc) is 2.84. The zero-order valence-electron chi connectivity index (χ0n) is 15.8. The Balaban J connectivity index is 2.22. The number of hydrogen-bond donors (Lipinski definition) is 0. The lowest BCUT2D eigenvalue weighted by Gasteiger charge is -2.13. The molecule has 27 heavy (non-hydrogen) atoms. The van der Waals surface area contributed by atoms with Gasteiger partial charge in [-0.1, -0.05) is 0 Å². The third-order valence-electron chi connectivity index (χ3n) is 3.41. The van der Waals surface area contributed by atoms with Crippen LogP contribution >= 0.6 is 11.8 Å². The van der Waals surface area contributed by atoms with Gasteiger partial charge in [-0.15, -0.1) is 0 Å². The van der Waals surface area contributed by atoms with Crippen molar-refractivity contribution in [3.05, 3.63) is 28.7 Å². The molecule has 0 unspecified atom stereocenters. The monoisotopic (exact) mass is 393 g/mol. The zero-order valence-corrected chi connectivity index (χ0v) is 16.6. The van der Waals surface area contributed by atoms with Crippen molar-refractivity contribution in [2.24, 2.45) is 0 Å². The van der Waals surface area contributed by atoms with Crippen molar-refractivity contribution in [3.63, 3.8) is 0 Å². The van der Waals surface area contributed by atoms with Crippen molar-refractivity contribution in [2.75, 3.05) is 19.8 Å². The minimum atomic E-state index is -0.621. The van der Waals surface area contributed by atoms with Gasteiger partial charge in [0, 0.05) is 11.6 Å². The highest BCUT2D eigenvalue weighted by Gasteiger charge is 2.37. The molecule has 2 amide bonds. The molecular formula is C19H23NO6S. The second kappa shape index (κ2) is 9.45. The number of carbonyl (C=O) groups is 3. The number of amides is 2. The molecule has 0 atom stereocenters. The SMILES string of the molecule is CCOc1ccc(/C=C2\SC(=O)N(CC(=O)OC(C)C)C2=O)c(OCC)c1. The van der Waals surface area contributed by atoms with Crippen LogP contribution in [0.4, 0.5) is 4.79 Å². The van der Waals surface area contributed by atoms with E-state index in [0.717, 1.165) is 16.7 Å². The van der Waals surface area contributed by atoms with Crippen LogP contribution in [0.3, 0.4) is 0 Å². The smallest absolute Gasteiger partial charge is 0.326 e. The first-order chi connectivity index (χ1) is 12.8. The van der Waals surface area contributed by atoms with Gasteiger partial charge in [-0.2, -0.15) is 0 Å². The van der Waals surface area contributed by atoms with Crippen molar-refractivity contribution < 1.29 is 28.6 Å². The fraction of sp³-hybridized carbons (Fsp3) is 0.421. The van der Waals surface area contributed by atoms with Crippen LogP contribution < -0.4 is 9.47 Å². The predicted octanol–water partition coefficient (Wildman–Crippen LogP) is 3.47. The van der Waals surface area contributed by atoms with Crippen LogP contribution in [0.15, 0.2) is 23.1 Å². The van der Waals surface area contributed by atoms with Crippen LogP contribution in [0.25, 0.3) is 6.08 Å². The van der Waals surface area contributed by atoms with Gasteiger partial charge in [-0.25, -0.2) is 0 Å². The van der Waals surface area contributed by atoms with E-state index in [4.69, 9.17) is 14.2 Å². The van der Waals surface area contributed by atoms with E-state index in [1.54, 1.807) is 38.1 Å². The van der Waals surface area contributed by atoms with Crippen molar-refractivity contribution in [1.82, 2.24) is 4.90 Å². The predicted molar refractivity (Wildman–Crippen MR) is 103 cm³/mol. The Bertz CT molecular complexity index is 759. The molecule has 0 N–H and O–H groups in total. The summed E-state index contributed by atoms with van der Waals surface area (Å²) in [6.07, 6.45) is 1.27. The Labute approximate surface area is 162 Å². The van der Waals surface area contributed by atoms with E-state index >= 15 is 0 Å². The minimum Gasteiger partial charge on any atom is -0.494 e. The van der Waals surface area contributed by atoms with Crippen LogP contribution in [0, 0.1) is 0 Å². The van der Waals surface area contributed by atoms with E-state index < -0.39 is 23.7 Å². The highest BCUT2D eigenvalue weighted by Crippen LogP contribution is 2.35. The molecule has 0 saturated carbocycles. The number of thioether (sulfide) groups is 1. The lowest BCUT2D eigenvalue weighted by atomic mass is 10.1. The van der Waals surface area contributed by atoms with E-state index in [2.05, 4.69) is 0 Å². The number of imide groups is 1. The standard InChI is InChI=1S/C19H23NO6S/c1-5-24-14-8-7-13(15(10-14)25-6-2)9-16-18(22)20(19(23)27-16)11-17(21)26-12(3)4/h7-10,12H,5-6,11H2,1-4H3/b16-9-. The van der Waals surface area contributed by atoms with E-state index in [1.807, 2.05) is 13.8 Å². The topological polar surface area (TPSA) is 82.1 Å². The van der Waals surface area contributed by atoms with Gasteiger partial charge in [0.15, 0.2) is 0 Å². The maximum Gasteiger partial charge on any atom is 0.326 e. The molecule has 1 fully saturated rings. The summed E-state index contributed by atoms with van der Waals surface area (Å²) >= 11 is 0.783. The molecule has 7 nitrogen and oxygen atoms in total. The molecule has 1 heterocycles. The van der Waals surface area contributed by atoms with Gasteiger partial charge in [-0.3, -0.25) is 19.3 Å². The van der Waals surface area contributed by atoms with Gasteiger partial charge >= 0.3 is 5.97 Å². The molecule has 0 spiro atoms. The van der Waals surface area contributed by atoms with Crippen molar-refractivity contribution >= 4 is 35.0 Å². The number of hydrogen-bond acceptors (Lipinski definition) is 7. The van der Waals surface area contributed by atoms with E-state index in [9.17, 15) is 14.4 Å². The molecule has 1 aromatic rings. The number of benzene rings is 1. The van der Waals surface area contributed by atoms with Crippen molar-refractivity contribution in [3.8, 4) is 11.5 Å². The number of esters is 1. The molecule has 1 aliphatic heterocycles. The maximum atomic E-state index is 12.5. The molecule has 2 rings (SSSR count). The van der Waals surface area contributed by atoms with Gasteiger partial charge in [-0.05, 0) is 57.7 Å². The Hall–Kier alpha value is -2.48. The molecule has 0 bridgehead atoms. The summed E-state index contributed by atoms with van der Waals surface area (Å²) < 4.78 is 16.1. The van der Waals surface area contributed by atoms with Crippen LogP contribution in [-0.2, 0) is 14.3 Å². The van der Waals surface area contributed by atoms with Crippen molar-refractivity contribution in [1.29, 1.82) is 0 Å². The first-order valence-corrected chi connectivity index (χ1v) is 9.51. The molecule has 146 valence electrons. The lowest BCUT2D eigenvalue weighted by Crippen LogP contribution is -2.35. The van der Waals surface area contributed by atoms with Gasteiger partial charge < -0.3 is 14.2 Å². The average molecular weight is 393 g/mol. The van der Waals surface area contributed by atoms with E-state index in [1.165, 1.54) is 0 Å². The fourth-order valence-electron chi connectivity index (χ4n) is 2.38. The zero-order chi connectivity index (χ0) is 20.0. The highest BCUT2D eigenvalue weighted by atomic mass is 32.2. The van der Waals surface area contributed by atoms with E-state index in [-0.39, 0.29) is 11.0 Å². The Morgan fingerprint density at radius 1 is 1.19 bits per heavy atom. The maximum absolute atomic E-state index is 12.5. The summed E-state index contributed by atoms with van der Waals surface area (Å²) in [6, 6.07) is 5.27. The molecule has 0 aromatic heterocycles. The summed E-state index contributed by atoms with van der Waals surface area (Å²) in [4.78, 5) is 37.5. The summed E-state index contributed by atoms with van der Waals surface area (Å²) in [5, 5.41) is -0.504. The third kappa shape index (κ3) is 5.50. The Morgan fingerprint density at radius 2 is 1.89 bits per heavy atom. The molecule has 1 aliphatic rings. The quantitative estimate of drug-likeness (QED) is 0.494. The summed E-state index contributed by atoms with van der Waals surface area (Å²) in [7, 11) is 0. The number of ether oxygens (including phenoxy) is 3. The summed E-state index contributed by atoms with van der Waals surface area (Å²) in [5.41, 5.74) is 0.649. The van der Waals surface area contributed by atoms with E-state index in [0.29, 0.717) is 30.3 Å². The highest BCUT2D eigenvalue weighted by molar-refractivity contribution is 8.18. The normalized spacial score (nSPS) is 15.6. The largest absolute Gasteiger partial charge is 0.494 e. The Morgan fingerprint density at radius 3 is 2.52 bits per heavy atom. The van der Waals surface area contributed by atoms with Crippen LogP contribution in [-0.4, -0.2) is 47.9 Å². The summed E-state index contributed by atoms with van der Waals surface area (Å²) in [6.45, 7) is 7.70. The number of carbonyl (C=O) groups excluding carboxylic acids is 3. The molecule has 0 radical (unpaired) electrons. The van der Waals surface area contributed by atoms with Crippen LogP contribution in [0.2, 0.25) is 0 Å². The lowest BCUT2D eigenvalue weighted by molar-refractivity contribution is -0.149. The number of rotatable bonds is 8. The fourth-order valence-corrected chi connectivity index (χ4v) is 3.21. The van der Waals surface area contributed by atoms with Crippen molar-refractivity contribution in [2.45, 2.75) is 33.8 Å². The molecule has 1 saturated heterocycles. The first kappa shape index (κ1) is 20.8. The first-order valence-electron chi connectivity index (χ1n) is 8.70. The minimum absolute atomic E-state index is 0.224. The van der Waals surface area contributed by atoms with Gasteiger partial charge in [0.25, 0.3) is 11.1 Å². The Kier molecular flexibility index (Phi) is 7.29. The van der Waals surface area contributed by atoms with Crippen LogP contribution in [0.5, 0.6) is 11.5 Å². The summed E-state index contributed by atoms with van der Waals surface area (Å²) in [5.74, 6) is 0.0590. The number of nitrogens with zero attached hydrogens (tertiary/aromatic N) is 1. The van der Waals surface area contributed by atoms with Gasteiger partial charge in [0.1, 0.15) is 18.0 Å². The van der Waals surface area contributed by atoms with Gasteiger partial charge in [0.2, 0.25) is 0 Å². The molecule has 8 heteroatoms. The molecule has 1 aromatic carbocycles. The second-order valence-electron chi connectivity index (χ2n) is 5.87. The third-order valence-corrected chi connectivity index (χ3v) is 4.32. The van der Waals surface area contributed by atoms with Gasteiger partial charge in [0.05, 0.1) is 24.2 Å². The molecule has 0 aliphatic carbocycles.